The monoisotopic (exact) mass is 285 g/mol. The molecule has 1 heterocycles. The maximum atomic E-state index is 12.4. The van der Waals surface area contributed by atoms with Crippen molar-refractivity contribution in [1.82, 2.24) is 9.80 Å². The summed E-state index contributed by atoms with van der Waals surface area (Å²) in [7, 11) is 0. The topological polar surface area (TPSA) is 104 Å². The molecule has 1 saturated heterocycles. The number of aliphatic carboxylic acids is 1. The second-order valence-corrected chi connectivity index (χ2v) is 5.40. The summed E-state index contributed by atoms with van der Waals surface area (Å²) in [6.45, 7) is 5.06. The number of amides is 3. The molecule has 1 aliphatic rings. The Morgan fingerprint density at radius 1 is 1.40 bits per heavy atom. The van der Waals surface area contributed by atoms with Gasteiger partial charge in [-0.05, 0) is 26.7 Å². The van der Waals surface area contributed by atoms with Crippen molar-refractivity contribution < 1.29 is 19.5 Å². The van der Waals surface area contributed by atoms with E-state index in [-0.39, 0.29) is 30.3 Å². The van der Waals surface area contributed by atoms with Crippen molar-refractivity contribution in [2.75, 3.05) is 19.6 Å². The molecule has 0 saturated carbocycles. The fourth-order valence-electron chi connectivity index (χ4n) is 2.32. The third kappa shape index (κ3) is 4.40. The highest BCUT2D eigenvalue weighted by atomic mass is 16.4. The summed E-state index contributed by atoms with van der Waals surface area (Å²) in [4.78, 5) is 37.3. The summed E-state index contributed by atoms with van der Waals surface area (Å²) in [5.41, 5.74) is 5.25. The molecule has 20 heavy (non-hydrogen) atoms. The standard InChI is InChI=1S/C13H23N3O4/c1-9(2)16(6-3-4-11(17)18)13(20)15-7-5-10(8-15)12(14)19/h9-10H,3-8H2,1-2H3,(H2,14,19)(H,17,18). The van der Waals surface area contributed by atoms with E-state index >= 15 is 0 Å². The Bertz CT molecular complexity index is 384. The van der Waals surface area contributed by atoms with Gasteiger partial charge < -0.3 is 20.6 Å². The predicted molar refractivity (Wildman–Crippen MR) is 73.0 cm³/mol. The van der Waals surface area contributed by atoms with Gasteiger partial charge in [-0.2, -0.15) is 0 Å². The molecule has 3 N–H and O–H groups in total. The smallest absolute Gasteiger partial charge is 0.320 e. The minimum atomic E-state index is -0.865. The first kappa shape index (κ1) is 16.3. The zero-order valence-corrected chi connectivity index (χ0v) is 12.0. The number of urea groups is 1. The lowest BCUT2D eigenvalue weighted by Crippen LogP contribution is -2.46. The van der Waals surface area contributed by atoms with Crippen molar-refractivity contribution in [2.45, 2.75) is 39.2 Å². The predicted octanol–water partition coefficient (Wildman–Crippen LogP) is 0.489. The van der Waals surface area contributed by atoms with Gasteiger partial charge in [0.25, 0.3) is 0 Å². The Balaban J connectivity index is 2.56. The maximum Gasteiger partial charge on any atom is 0.320 e. The molecule has 1 rings (SSSR count). The first-order chi connectivity index (χ1) is 9.32. The maximum absolute atomic E-state index is 12.4. The zero-order valence-electron chi connectivity index (χ0n) is 12.0. The van der Waals surface area contributed by atoms with Crippen LogP contribution in [0.3, 0.4) is 0 Å². The summed E-state index contributed by atoms with van der Waals surface area (Å²) in [5.74, 6) is -1.51. The molecule has 0 radical (unpaired) electrons. The van der Waals surface area contributed by atoms with Gasteiger partial charge in [0.05, 0.1) is 5.92 Å². The molecule has 0 bridgehead atoms. The van der Waals surface area contributed by atoms with Crippen molar-refractivity contribution in [3.8, 4) is 0 Å². The lowest BCUT2D eigenvalue weighted by Gasteiger charge is -2.31. The van der Waals surface area contributed by atoms with E-state index in [1.54, 1.807) is 9.80 Å². The largest absolute Gasteiger partial charge is 0.481 e. The quantitative estimate of drug-likeness (QED) is 0.741. The van der Waals surface area contributed by atoms with Crippen LogP contribution in [0.2, 0.25) is 0 Å². The number of rotatable bonds is 6. The van der Waals surface area contributed by atoms with Crippen LogP contribution < -0.4 is 5.73 Å². The number of likely N-dealkylation sites (tertiary alicyclic amines) is 1. The molecule has 0 aromatic rings. The molecule has 1 aliphatic heterocycles. The fraction of sp³-hybridized carbons (Fsp3) is 0.769. The summed E-state index contributed by atoms with van der Waals surface area (Å²) < 4.78 is 0. The molecule has 1 atom stereocenters. The molecule has 7 heteroatoms. The van der Waals surface area contributed by atoms with Gasteiger partial charge in [0.2, 0.25) is 5.91 Å². The van der Waals surface area contributed by atoms with Gasteiger partial charge in [0.1, 0.15) is 0 Å². The van der Waals surface area contributed by atoms with Crippen molar-refractivity contribution in [1.29, 1.82) is 0 Å². The number of carboxylic acid groups (broad SMARTS) is 1. The molecule has 0 spiro atoms. The summed E-state index contributed by atoms with van der Waals surface area (Å²) in [5, 5.41) is 8.65. The molecule has 114 valence electrons. The van der Waals surface area contributed by atoms with Gasteiger partial charge in [-0.25, -0.2) is 4.79 Å². The van der Waals surface area contributed by atoms with E-state index in [9.17, 15) is 14.4 Å². The van der Waals surface area contributed by atoms with Crippen LogP contribution in [-0.4, -0.2) is 58.5 Å². The van der Waals surface area contributed by atoms with E-state index in [4.69, 9.17) is 10.8 Å². The lowest BCUT2D eigenvalue weighted by atomic mass is 10.1. The second kappa shape index (κ2) is 7.12. The summed E-state index contributed by atoms with van der Waals surface area (Å²) in [6.07, 6.45) is 1.06. The van der Waals surface area contributed by atoms with E-state index < -0.39 is 5.97 Å². The molecule has 1 fully saturated rings. The highest BCUT2D eigenvalue weighted by Crippen LogP contribution is 2.18. The Morgan fingerprint density at radius 2 is 2.05 bits per heavy atom. The van der Waals surface area contributed by atoms with Crippen LogP contribution in [0.15, 0.2) is 0 Å². The number of carbonyl (C=O) groups is 3. The van der Waals surface area contributed by atoms with Crippen molar-refractivity contribution in [3.05, 3.63) is 0 Å². The average molecular weight is 285 g/mol. The van der Waals surface area contributed by atoms with Gasteiger partial charge in [-0.1, -0.05) is 0 Å². The molecule has 1 unspecified atom stereocenters. The number of hydrogen-bond acceptors (Lipinski definition) is 3. The number of primary amides is 1. The Morgan fingerprint density at radius 3 is 2.50 bits per heavy atom. The molecular weight excluding hydrogens is 262 g/mol. The lowest BCUT2D eigenvalue weighted by molar-refractivity contribution is -0.137. The zero-order chi connectivity index (χ0) is 15.3. The molecular formula is C13H23N3O4. The number of nitrogens with two attached hydrogens (primary N) is 1. The third-order valence-electron chi connectivity index (χ3n) is 3.52. The fourth-order valence-corrected chi connectivity index (χ4v) is 2.32. The molecule has 0 aromatic heterocycles. The van der Waals surface area contributed by atoms with E-state index in [1.807, 2.05) is 13.8 Å². The van der Waals surface area contributed by atoms with E-state index in [1.165, 1.54) is 0 Å². The number of carboxylic acids is 1. The van der Waals surface area contributed by atoms with Crippen LogP contribution in [-0.2, 0) is 9.59 Å². The Kier molecular flexibility index (Phi) is 5.79. The van der Waals surface area contributed by atoms with Gasteiger partial charge >= 0.3 is 12.0 Å². The normalized spacial score (nSPS) is 18.4. The van der Waals surface area contributed by atoms with Crippen LogP contribution in [0.1, 0.15) is 33.1 Å². The number of carbonyl (C=O) groups excluding carboxylic acids is 2. The van der Waals surface area contributed by atoms with E-state index in [2.05, 4.69) is 0 Å². The van der Waals surface area contributed by atoms with Crippen LogP contribution >= 0.6 is 0 Å². The first-order valence-electron chi connectivity index (χ1n) is 6.89. The SMILES string of the molecule is CC(C)N(CCCC(=O)O)C(=O)N1CCC(C(N)=O)C1. The second-order valence-electron chi connectivity index (χ2n) is 5.40. The molecule has 0 aromatic carbocycles. The highest BCUT2D eigenvalue weighted by molar-refractivity contribution is 5.80. The van der Waals surface area contributed by atoms with Crippen LogP contribution in [0, 0.1) is 5.92 Å². The Hall–Kier alpha value is -1.79. The van der Waals surface area contributed by atoms with Gasteiger partial charge in [0.15, 0.2) is 0 Å². The minimum absolute atomic E-state index is 0.0103. The van der Waals surface area contributed by atoms with Gasteiger partial charge in [0, 0.05) is 32.1 Å². The molecule has 7 nitrogen and oxygen atoms in total. The van der Waals surface area contributed by atoms with Crippen molar-refractivity contribution in [3.63, 3.8) is 0 Å². The highest BCUT2D eigenvalue weighted by Gasteiger charge is 2.32. The van der Waals surface area contributed by atoms with E-state index in [0.29, 0.717) is 32.5 Å². The van der Waals surface area contributed by atoms with Crippen molar-refractivity contribution in [2.24, 2.45) is 11.7 Å². The minimum Gasteiger partial charge on any atom is -0.481 e. The first-order valence-corrected chi connectivity index (χ1v) is 6.89. The third-order valence-corrected chi connectivity index (χ3v) is 3.52. The number of nitrogens with zero attached hydrogens (tertiary/aromatic N) is 2. The Labute approximate surface area is 118 Å². The van der Waals surface area contributed by atoms with Crippen LogP contribution in [0.4, 0.5) is 4.79 Å². The van der Waals surface area contributed by atoms with Crippen molar-refractivity contribution >= 4 is 17.9 Å². The molecule has 3 amide bonds. The van der Waals surface area contributed by atoms with Gasteiger partial charge in [-0.3, -0.25) is 9.59 Å². The summed E-state index contributed by atoms with van der Waals surface area (Å²) >= 11 is 0. The van der Waals surface area contributed by atoms with Gasteiger partial charge in [-0.15, -0.1) is 0 Å². The average Bonchev–Trinajstić information content (AvgIpc) is 2.82. The van der Waals surface area contributed by atoms with Crippen LogP contribution in [0.5, 0.6) is 0 Å². The number of hydrogen-bond donors (Lipinski definition) is 2. The molecule has 0 aliphatic carbocycles. The summed E-state index contributed by atoms with van der Waals surface area (Å²) in [6, 6.07) is -0.155. The van der Waals surface area contributed by atoms with E-state index in [0.717, 1.165) is 0 Å². The van der Waals surface area contributed by atoms with Crippen LogP contribution in [0.25, 0.3) is 0 Å².